The number of hydrogen-bond donors (Lipinski definition) is 1. The number of carbonyl (C=O) groups excluding carboxylic acids is 2. The maximum atomic E-state index is 12.4. The van der Waals surface area contributed by atoms with Gasteiger partial charge in [-0.1, -0.05) is 24.3 Å². The van der Waals surface area contributed by atoms with Gasteiger partial charge >= 0.3 is 5.97 Å². The van der Waals surface area contributed by atoms with Crippen LogP contribution in [0.5, 0.6) is 5.75 Å². The highest BCUT2D eigenvalue weighted by Gasteiger charge is 2.22. The van der Waals surface area contributed by atoms with Gasteiger partial charge in [-0.15, -0.1) is 0 Å². The number of ether oxygens (including phenoxy) is 2. The van der Waals surface area contributed by atoms with Crippen molar-refractivity contribution in [3.8, 4) is 5.75 Å². The molecule has 1 aromatic heterocycles. The van der Waals surface area contributed by atoms with E-state index in [0.29, 0.717) is 17.0 Å². The van der Waals surface area contributed by atoms with Gasteiger partial charge in [0.2, 0.25) is 5.76 Å². The average Bonchev–Trinajstić information content (AvgIpc) is 3.06. The summed E-state index contributed by atoms with van der Waals surface area (Å²) in [6, 6.07) is 14.2. The minimum Gasteiger partial charge on any atom is -0.495 e. The predicted octanol–water partition coefficient (Wildman–Crippen LogP) is 3.93. The molecule has 3 rings (SSSR count). The van der Waals surface area contributed by atoms with Crippen LogP contribution in [-0.2, 0) is 9.53 Å². The zero-order valence-electron chi connectivity index (χ0n) is 14.7. The van der Waals surface area contributed by atoms with E-state index in [4.69, 9.17) is 13.9 Å². The molecule has 0 radical (unpaired) electrons. The molecule has 26 heavy (non-hydrogen) atoms. The molecule has 1 N–H and O–H groups in total. The molecule has 0 saturated heterocycles. The highest BCUT2D eigenvalue weighted by molar-refractivity contribution is 5.98. The van der Waals surface area contributed by atoms with E-state index in [9.17, 15) is 9.59 Å². The van der Waals surface area contributed by atoms with Crippen LogP contribution in [0.4, 0.5) is 5.69 Å². The summed E-state index contributed by atoms with van der Waals surface area (Å²) in [5.41, 5.74) is 2.07. The fourth-order valence-corrected chi connectivity index (χ4v) is 2.51. The van der Waals surface area contributed by atoms with Gasteiger partial charge in [0.1, 0.15) is 11.3 Å². The largest absolute Gasteiger partial charge is 0.495 e. The Balaban J connectivity index is 1.69. The maximum Gasteiger partial charge on any atom is 0.375 e. The smallest absolute Gasteiger partial charge is 0.375 e. The van der Waals surface area contributed by atoms with Crippen molar-refractivity contribution < 1.29 is 23.5 Å². The Hall–Kier alpha value is -3.28. The molecule has 0 unspecified atom stereocenters. The second-order valence-electron chi connectivity index (χ2n) is 5.89. The van der Waals surface area contributed by atoms with E-state index >= 15 is 0 Å². The summed E-state index contributed by atoms with van der Waals surface area (Å²) in [6.45, 7) is 3.40. The van der Waals surface area contributed by atoms with Crippen LogP contribution in [0.3, 0.4) is 0 Å². The molecule has 1 heterocycles. The summed E-state index contributed by atoms with van der Waals surface area (Å²) in [5, 5.41) is 3.51. The number of esters is 1. The lowest BCUT2D eigenvalue weighted by Gasteiger charge is -2.15. The Labute approximate surface area is 150 Å². The normalized spacial score (nSPS) is 11.8. The molecule has 0 fully saturated rings. The van der Waals surface area contributed by atoms with Gasteiger partial charge in [-0.05, 0) is 43.7 Å². The standard InChI is InChI=1S/C20H19NO5/c1-12-8-9-17(24-3)15(10-12)21-19(22)13(2)25-20(23)18-11-14-6-4-5-7-16(14)26-18/h4-11,13H,1-3H3,(H,21,22)/t13-/m1/s1. The summed E-state index contributed by atoms with van der Waals surface area (Å²) in [4.78, 5) is 24.6. The van der Waals surface area contributed by atoms with Crippen LogP contribution < -0.4 is 10.1 Å². The van der Waals surface area contributed by atoms with Crippen LogP contribution in [0.25, 0.3) is 11.0 Å². The first kappa shape index (κ1) is 17.5. The molecule has 6 heteroatoms. The molecule has 0 aliphatic rings. The molecule has 0 saturated carbocycles. The highest BCUT2D eigenvalue weighted by Crippen LogP contribution is 2.25. The number of nitrogens with one attached hydrogen (secondary N) is 1. The van der Waals surface area contributed by atoms with Gasteiger partial charge in [-0.2, -0.15) is 0 Å². The number of methoxy groups -OCH3 is 1. The van der Waals surface area contributed by atoms with Gasteiger partial charge < -0.3 is 19.2 Å². The van der Waals surface area contributed by atoms with E-state index in [0.717, 1.165) is 10.9 Å². The lowest BCUT2D eigenvalue weighted by atomic mass is 10.2. The number of amides is 1. The van der Waals surface area contributed by atoms with E-state index < -0.39 is 18.0 Å². The van der Waals surface area contributed by atoms with Gasteiger partial charge in [0.15, 0.2) is 6.10 Å². The van der Waals surface area contributed by atoms with Crippen molar-refractivity contribution in [2.45, 2.75) is 20.0 Å². The summed E-state index contributed by atoms with van der Waals surface area (Å²) in [7, 11) is 1.52. The minimum absolute atomic E-state index is 0.0546. The van der Waals surface area contributed by atoms with E-state index in [2.05, 4.69) is 5.32 Å². The molecular weight excluding hydrogens is 334 g/mol. The number of rotatable bonds is 5. The van der Waals surface area contributed by atoms with Gasteiger partial charge in [-0.3, -0.25) is 4.79 Å². The number of fused-ring (bicyclic) bond motifs is 1. The third-order valence-corrected chi connectivity index (χ3v) is 3.89. The number of para-hydroxylation sites is 1. The van der Waals surface area contributed by atoms with E-state index in [1.807, 2.05) is 31.2 Å². The van der Waals surface area contributed by atoms with E-state index in [1.165, 1.54) is 14.0 Å². The van der Waals surface area contributed by atoms with Crippen molar-refractivity contribution in [1.82, 2.24) is 0 Å². The summed E-state index contributed by atoms with van der Waals surface area (Å²) < 4.78 is 15.9. The number of hydrogen-bond acceptors (Lipinski definition) is 5. The number of anilines is 1. The Morgan fingerprint density at radius 2 is 1.88 bits per heavy atom. The number of aryl methyl sites for hydroxylation is 1. The molecule has 1 atom stereocenters. The van der Waals surface area contributed by atoms with Crippen molar-refractivity contribution in [2.24, 2.45) is 0 Å². The zero-order chi connectivity index (χ0) is 18.7. The molecule has 134 valence electrons. The van der Waals surface area contributed by atoms with Crippen molar-refractivity contribution in [3.05, 3.63) is 59.9 Å². The molecule has 0 aliphatic carbocycles. The predicted molar refractivity (Wildman–Crippen MR) is 97.5 cm³/mol. The van der Waals surface area contributed by atoms with Gasteiger partial charge in [0, 0.05) is 5.39 Å². The van der Waals surface area contributed by atoms with Crippen LogP contribution >= 0.6 is 0 Å². The topological polar surface area (TPSA) is 77.8 Å². The SMILES string of the molecule is COc1ccc(C)cc1NC(=O)[C@@H](C)OC(=O)c1cc2ccccc2o1. The highest BCUT2D eigenvalue weighted by atomic mass is 16.6. The Kier molecular flexibility index (Phi) is 4.93. The quantitative estimate of drug-likeness (QED) is 0.703. The van der Waals surface area contributed by atoms with Gasteiger partial charge in [0.05, 0.1) is 12.8 Å². The van der Waals surface area contributed by atoms with E-state index in [-0.39, 0.29) is 5.76 Å². The fourth-order valence-electron chi connectivity index (χ4n) is 2.51. The molecule has 0 aliphatic heterocycles. The number of carbonyl (C=O) groups is 2. The number of furan rings is 1. The minimum atomic E-state index is -0.999. The van der Waals surface area contributed by atoms with Crippen LogP contribution in [0.15, 0.2) is 52.9 Å². The summed E-state index contributed by atoms with van der Waals surface area (Å²) in [5.74, 6) is -0.572. The molecule has 0 bridgehead atoms. The van der Waals surface area contributed by atoms with Crippen LogP contribution in [0.2, 0.25) is 0 Å². The van der Waals surface area contributed by atoms with Crippen LogP contribution in [0.1, 0.15) is 23.0 Å². The second-order valence-corrected chi connectivity index (χ2v) is 5.89. The van der Waals surface area contributed by atoms with Gasteiger partial charge in [-0.25, -0.2) is 4.79 Å². The van der Waals surface area contributed by atoms with Crippen molar-refractivity contribution >= 4 is 28.5 Å². The fraction of sp³-hybridized carbons (Fsp3) is 0.200. The molecule has 1 amide bonds. The second kappa shape index (κ2) is 7.31. The Bertz CT molecular complexity index is 927. The third-order valence-electron chi connectivity index (χ3n) is 3.89. The first-order valence-corrected chi connectivity index (χ1v) is 8.13. The maximum absolute atomic E-state index is 12.4. The zero-order valence-corrected chi connectivity index (χ0v) is 14.7. The third kappa shape index (κ3) is 3.69. The molecular formula is C20H19NO5. The average molecular weight is 353 g/mol. The molecule has 3 aromatic rings. The first-order valence-electron chi connectivity index (χ1n) is 8.13. The van der Waals surface area contributed by atoms with Crippen molar-refractivity contribution in [1.29, 1.82) is 0 Å². The van der Waals surface area contributed by atoms with Crippen LogP contribution in [0, 0.1) is 6.92 Å². The lowest BCUT2D eigenvalue weighted by Crippen LogP contribution is -2.30. The van der Waals surface area contributed by atoms with Crippen molar-refractivity contribution in [3.63, 3.8) is 0 Å². The van der Waals surface area contributed by atoms with Gasteiger partial charge in [0.25, 0.3) is 5.91 Å². The van der Waals surface area contributed by atoms with Crippen molar-refractivity contribution in [2.75, 3.05) is 12.4 Å². The first-order chi connectivity index (χ1) is 12.5. The van der Waals surface area contributed by atoms with Crippen LogP contribution in [-0.4, -0.2) is 25.1 Å². The Morgan fingerprint density at radius 1 is 1.12 bits per heavy atom. The monoisotopic (exact) mass is 353 g/mol. The Morgan fingerprint density at radius 3 is 2.62 bits per heavy atom. The molecule has 6 nitrogen and oxygen atoms in total. The lowest BCUT2D eigenvalue weighted by molar-refractivity contribution is -0.123. The molecule has 0 spiro atoms. The number of benzene rings is 2. The summed E-state index contributed by atoms with van der Waals surface area (Å²) >= 11 is 0. The summed E-state index contributed by atoms with van der Waals surface area (Å²) in [6.07, 6.45) is -0.999. The van der Waals surface area contributed by atoms with E-state index in [1.54, 1.807) is 24.3 Å². The molecule has 2 aromatic carbocycles.